The van der Waals surface area contributed by atoms with Crippen LogP contribution in [0.5, 0.6) is 5.75 Å². The number of anilines is 1. The van der Waals surface area contributed by atoms with E-state index in [9.17, 15) is 9.59 Å². The van der Waals surface area contributed by atoms with Crippen LogP contribution < -0.4 is 15.4 Å². The Kier molecular flexibility index (Phi) is 10.1. The second-order valence-electron chi connectivity index (χ2n) is 16.3. The first kappa shape index (κ1) is 36.9. The molecule has 0 spiro atoms. The van der Waals surface area contributed by atoms with Crippen LogP contribution in [0, 0.1) is 6.92 Å². The van der Waals surface area contributed by atoms with Crippen molar-refractivity contribution in [3.05, 3.63) is 101 Å². The third kappa shape index (κ3) is 8.36. The fourth-order valence-electron chi connectivity index (χ4n) is 6.93. The Morgan fingerprint density at radius 3 is 2.30 bits per heavy atom. The number of amides is 3. The molecule has 0 unspecified atom stereocenters. The van der Waals surface area contributed by atoms with Crippen LogP contribution >= 0.6 is 0 Å². The van der Waals surface area contributed by atoms with Gasteiger partial charge in [0.25, 0.3) is 0 Å². The number of carbonyl (C=O) groups is 2. The summed E-state index contributed by atoms with van der Waals surface area (Å²) in [5, 5.41) is 20.1. The number of urea groups is 1. The number of rotatable bonds is 7. The summed E-state index contributed by atoms with van der Waals surface area (Å²) in [5.74, 6) is 2.12. The average molecular weight is 734 g/mol. The minimum Gasteiger partial charge on any atom is -0.484 e. The third-order valence-corrected chi connectivity index (χ3v) is 9.85. The van der Waals surface area contributed by atoms with Crippen LogP contribution in [0.15, 0.2) is 72.9 Å². The highest BCUT2D eigenvalue weighted by Gasteiger charge is 2.31. The molecule has 5 aromatic rings. The van der Waals surface area contributed by atoms with Gasteiger partial charge in [0.1, 0.15) is 23.3 Å². The Hall–Kier alpha value is -5.43. The van der Waals surface area contributed by atoms with Crippen molar-refractivity contribution in [2.24, 2.45) is 0 Å². The van der Waals surface area contributed by atoms with Gasteiger partial charge < -0.3 is 19.7 Å². The van der Waals surface area contributed by atoms with E-state index >= 15 is 0 Å². The smallest absolute Gasteiger partial charge is 0.410 e. The third-order valence-electron chi connectivity index (χ3n) is 9.85. The zero-order valence-electron chi connectivity index (χ0n) is 32.3. The molecule has 1 aliphatic heterocycles. The maximum atomic E-state index is 13.6. The number of fused-ring (bicyclic) bond motifs is 2. The first-order valence-corrected chi connectivity index (χ1v) is 18.7. The van der Waals surface area contributed by atoms with E-state index in [2.05, 4.69) is 58.6 Å². The molecule has 1 aliphatic carbocycles. The molecular formula is C41H51N9O4. The van der Waals surface area contributed by atoms with E-state index < -0.39 is 5.60 Å². The molecule has 13 heteroatoms. The van der Waals surface area contributed by atoms with Crippen molar-refractivity contribution in [1.29, 1.82) is 0 Å². The van der Waals surface area contributed by atoms with E-state index in [1.54, 1.807) is 9.58 Å². The van der Waals surface area contributed by atoms with Gasteiger partial charge in [0.15, 0.2) is 11.5 Å². The molecule has 4 heterocycles. The number of nitrogens with one attached hydrogen (secondary N) is 2. The second-order valence-corrected chi connectivity index (χ2v) is 16.3. The molecule has 1 fully saturated rings. The van der Waals surface area contributed by atoms with Crippen molar-refractivity contribution in [2.75, 3.05) is 31.5 Å². The normalized spacial score (nSPS) is 17.9. The zero-order chi connectivity index (χ0) is 38.2. The van der Waals surface area contributed by atoms with E-state index in [4.69, 9.17) is 14.6 Å². The van der Waals surface area contributed by atoms with Crippen LogP contribution in [0.25, 0.3) is 11.3 Å². The van der Waals surface area contributed by atoms with Gasteiger partial charge in [-0.3, -0.25) is 14.6 Å². The largest absolute Gasteiger partial charge is 0.484 e. The first-order valence-electron chi connectivity index (χ1n) is 18.7. The van der Waals surface area contributed by atoms with Crippen LogP contribution in [-0.2, 0) is 16.7 Å². The molecule has 1 saturated heterocycles. The van der Waals surface area contributed by atoms with Crippen molar-refractivity contribution in [1.82, 2.24) is 39.5 Å². The predicted octanol–water partition coefficient (Wildman–Crippen LogP) is 7.35. The number of aryl methyl sites for hydroxylation is 1. The van der Waals surface area contributed by atoms with Gasteiger partial charge in [0, 0.05) is 37.7 Å². The molecular weight excluding hydrogens is 683 g/mol. The van der Waals surface area contributed by atoms with Crippen LogP contribution in [0.4, 0.5) is 15.4 Å². The van der Waals surface area contributed by atoms with Crippen LogP contribution in [0.2, 0.25) is 0 Å². The van der Waals surface area contributed by atoms with Gasteiger partial charge in [0.05, 0.1) is 30.2 Å². The van der Waals surface area contributed by atoms with Crippen LogP contribution in [0.1, 0.15) is 94.7 Å². The minimum absolute atomic E-state index is 0.193. The number of nitrogens with zero attached hydrogens (tertiary/aromatic N) is 7. The van der Waals surface area contributed by atoms with Crippen LogP contribution in [-0.4, -0.2) is 78.1 Å². The van der Waals surface area contributed by atoms with E-state index in [1.165, 1.54) is 0 Å². The van der Waals surface area contributed by atoms with E-state index in [-0.39, 0.29) is 29.7 Å². The summed E-state index contributed by atoms with van der Waals surface area (Å²) in [7, 11) is 0. The Morgan fingerprint density at radius 2 is 1.59 bits per heavy atom. The number of pyridine rings is 1. The lowest BCUT2D eigenvalue weighted by atomic mass is 9.85. The number of piperazine rings is 1. The summed E-state index contributed by atoms with van der Waals surface area (Å²) in [6.45, 7) is 17.2. The molecule has 3 amide bonds. The van der Waals surface area contributed by atoms with Crippen molar-refractivity contribution in [3.63, 3.8) is 0 Å². The summed E-state index contributed by atoms with van der Waals surface area (Å²) in [6.07, 6.45) is 2.90. The van der Waals surface area contributed by atoms with Crippen LogP contribution in [0.3, 0.4) is 0 Å². The maximum absolute atomic E-state index is 13.6. The molecule has 0 radical (unpaired) electrons. The van der Waals surface area contributed by atoms with Crippen molar-refractivity contribution < 1.29 is 19.1 Å². The fourth-order valence-corrected chi connectivity index (χ4v) is 6.93. The van der Waals surface area contributed by atoms with E-state index in [0.29, 0.717) is 57.1 Å². The van der Waals surface area contributed by atoms with Gasteiger partial charge in [-0.15, -0.1) is 10.2 Å². The van der Waals surface area contributed by atoms with Gasteiger partial charge in [-0.2, -0.15) is 5.10 Å². The molecule has 2 atom stereocenters. The molecule has 2 aliphatic rings. The molecule has 2 aromatic carbocycles. The summed E-state index contributed by atoms with van der Waals surface area (Å²) in [6, 6.07) is 21.6. The predicted molar refractivity (Wildman–Crippen MR) is 207 cm³/mol. The standard InChI is InChI=1S/C41H51N9O4/c1-27-12-14-28(15-13-27)50-36(24-34(46-50)40(2,3)4)43-38(51)42-32-17-18-33(31-11-9-8-10-30(31)32)53-29-16-19-35-44-45-37(49(35)25-29)26-47-20-22-48(23-21-47)39(52)54-41(5,6)7/h8-16,19,24-25,32-33H,17-18,20-23,26H2,1-7H3,(H2,42,43,51)/t32-,33+/m0/s1. The molecule has 2 N–H and O–H groups in total. The van der Waals surface area contributed by atoms with Gasteiger partial charge in [-0.25, -0.2) is 14.3 Å². The molecule has 284 valence electrons. The number of carbonyl (C=O) groups excluding carboxylic acids is 2. The lowest BCUT2D eigenvalue weighted by Crippen LogP contribution is -2.49. The van der Waals surface area contributed by atoms with Gasteiger partial charge in [0.2, 0.25) is 0 Å². The summed E-state index contributed by atoms with van der Waals surface area (Å²) >= 11 is 0. The Bertz CT molecular complexity index is 2120. The molecule has 0 bridgehead atoms. The number of aromatic nitrogens is 5. The van der Waals surface area contributed by atoms with Crippen molar-refractivity contribution in [3.8, 4) is 11.4 Å². The van der Waals surface area contributed by atoms with Gasteiger partial charge in [-0.05, 0) is 75.9 Å². The van der Waals surface area contributed by atoms with Gasteiger partial charge >= 0.3 is 12.1 Å². The SMILES string of the molecule is Cc1ccc(-n2nc(C(C)(C)C)cc2NC(=O)N[C@H]2CC[C@@H](Oc3ccc4nnc(CN5CCN(C(=O)OC(C)(C)C)CC5)n4c3)c3ccccc32)cc1. The molecule has 13 nitrogen and oxygen atoms in total. The van der Waals surface area contributed by atoms with Crippen molar-refractivity contribution in [2.45, 2.75) is 91.0 Å². The Labute approximate surface area is 316 Å². The van der Waals surface area contributed by atoms with Crippen molar-refractivity contribution >= 4 is 23.6 Å². The summed E-state index contributed by atoms with van der Waals surface area (Å²) in [5.41, 5.74) is 5.02. The number of ether oxygens (including phenoxy) is 2. The number of benzene rings is 2. The average Bonchev–Trinajstić information content (AvgIpc) is 3.73. The van der Waals surface area contributed by atoms with E-state index in [0.717, 1.165) is 39.5 Å². The molecule has 3 aromatic heterocycles. The topological polar surface area (TPSA) is 131 Å². The molecule has 0 saturated carbocycles. The molecule has 7 rings (SSSR count). The zero-order valence-corrected chi connectivity index (χ0v) is 32.3. The quantitative estimate of drug-likeness (QED) is 0.178. The monoisotopic (exact) mass is 733 g/mol. The highest BCUT2D eigenvalue weighted by atomic mass is 16.6. The number of hydrogen-bond acceptors (Lipinski definition) is 8. The van der Waals surface area contributed by atoms with Gasteiger partial charge in [-0.1, -0.05) is 62.7 Å². The fraction of sp³-hybridized carbons (Fsp3) is 0.439. The lowest BCUT2D eigenvalue weighted by Gasteiger charge is -2.35. The summed E-state index contributed by atoms with van der Waals surface area (Å²) < 4.78 is 16.0. The van der Waals surface area contributed by atoms with E-state index in [1.807, 2.05) is 92.9 Å². The second kappa shape index (κ2) is 14.8. The highest BCUT2D eigenvalue weighted by Crippen LogP contribution is 2.39. The summed E-state index contributed by atoms with van der Waals surface area (Å²) in [4.78, 5) is 30.2. The lowest BCUT2D eigenvalue weighted by molar-refractivity contribution is 0.0137. The maximum Gasteiger partial charge on any atom is 0.410 e. The Balaban J connectivity index is 1.01. The Morgan fingerprint density at radius 1 is 0.870 bits per heavy atom. The number of hydrogen-bond donors (Lipinski definition) is 2. The molecule has 54 heavy (non-hydrogen) atoms. The highest BCUT2D eigenvalue weighted by molar-refractivity contribution is 5.89. The first-order chi connectivity index (χ1) is 25.7. The minimum atomic E-state index is -0.519.